The molecule has 2 aromatic rings. The van der Waals surface area contributed by atoms with Crippen LogP contribution in [0.15, 0.2) is 41.6 Å². The second-order valence-electron chi connectivity index (χ2n) is 8.90. The second kappa shape index (κ2) is 7.44. The Morgan fingerprint density at radius 1 is 1.00 bits per heavy atom. The van der Waals surface area contributed by atoms with Gasteiger partial charge in [0.2, 0.25) is 5.91 Å². The third-order valence-electron chi connectivity index (χ3n) is 6.49. The van der Waals surface area contributed by atoms with Gasteiger partial charge in [-0.25, -0.2) is 17.6 Å². The molecule has 2 heterocycles. The van der Waals surface area contributed by atoms with Crippen molar-refractivity contribution in [1.29, 1.82) is 0 Å². The highest BCUT2D eigenvalue weighted by molar-refractivity contribution is 6.01. The van der Waals surface area contributed by atoms with E-state index in [1.54, 1.807) is 0 Å². The number of amides is 1. The molecule has 3 aliphatic rings. The number of halogens is 7. The topological polar surface area (TPSA) is 41.9 Å². The minimum absolute atomic E-state index is 0.0238. The van der Waals surface area contributed by atoms with Gasteiger partial charge in [-0.15, -0.1) is 0 Å². The Bertz CT molecular complexity index is 1160. The largest absolute Gasteiger partial charge is 0.435 e. The molecular weight excluding hydrogens is 469 g/mol. The van der Waals surface area contributed by atoms with Gasteiger partial charge in [0.15, 0.2) is 23.1 Å². The van der Waals surface area contributed by atoms with Gasteiger partial charge in [0.05, 0.1) is 18.8 Å². The number of oxime groups is 1. The lowest BCUT2D eigenvalue weighted by Crippen LogP contribution is -2.59. The highest BCUT2D eigenvalue weighted by atomic mass is 19.4. The molecule has 5 rings (SSSR count). The van der Waals surface area contributed by atoms with Gasteiger partial charge in [0.1, 0.15) is 0 Å². The molecule has 11 heteroatoms. The number of likely N-dealkylation sites (tertiary alicyclic amines) is 1. The van der Waals surface area contributed by atoms with Crippen LogP contribution in [0.2, 0.25) is 0 Å². The SMILES string of the molecule is O=C(C1CC1)N1CC(F)(c2ccc(C3=NOC(c4cc(F)c(F)c(F)c4)(C(F)(F)F)C3)cc2)C1. The first-order valence-electron chi connectivity index (χ1n) is 10.5. The van der Waals surface area contributed by atoms with Crippen molar-refractivity contribution in [2.75, 3.05) is 13.1 Å². The quantitative estimate of drug-likeness (QED) is 0.446. The molecule has 1 unspecified atom stereocenters. The van der Waals surface area contributed by atoms with Gasteiger partial charge >= 0.3 is 6.18 Å². The normalized spacial score (nSPS) is 23.9. The van der Waals surface area contributed by atoms with Crippen molar-refractivity contribution in [3.63, 3.8) is 0 Å². The average molecular weight is 486 g/mol. The van der Waals surface area contributed by atoms with Crippen molar-refractivity contribution in [3.05, 3.63) is 70.5 Å². The molecule has 0 bridgehead atoms. The molecule has 4 nitrogen and oxygen atoms in total. The lowest BCUT2D eigenvalue weighted by atomic mass is 9.84. The van der Waals surface area contributed by atoms with Crippen molar-refractivity contribution in [2.45, 2.75) is 36.7 Å². The zero-order valence-electron chi connectivity index (χ0n) is 17.4. The molecule has 1 saturated carbocycles. The van der Waals surface area contributed by atoms with Gasteiger partial charge in [-0.2, -0.15) is 13.2 Å². The van der Waals surface area contributed by atoms with E-state index < -0.39 is 46.9 Å². The van der Waals surface area contributed by atoms with Gasteiger partial charge in [-0.1, -0.05) is 29.4 Å². The molecule has 2 aliphatic heterocycles. The number of carbonyl (C=O) groups excluding carboxylic acids is 1. The van der Waals surface area contributed by atoms with Crippen LogP contribution in [-0.4, -0.2) is 35.8 Å². The number of alkyl halides is 4. The van der Waals surface area contributed by atoms with Crippen molar-refractivity contribution in [3.8, 4) is 0 Å². The molecule has 2 aromatic carbocycles. The Hall–Kier alpha value is -3.11. The summed E-state index contributed by atoms with van der Waals surface area (Å²) in [5.74, 6) is -5.57. The highest BCUT2D eigenvalue weighted by Gasteiger charge is 2.62. The molecule has 1 saturated heterocycles. The fraction of sp³-hybridized carbons (Fsp3) is 0.391. The van der Waals surface area contributed by atoms with Crippen LogP contribution in [0.3, 0.4) is 0 Å². The Morgan fingerprint density at radius 3 is 2.12 bits per heavy atom. The lowest BCUT2D eigenvalue weighted by Gasteiger charge is -2.45. The Kier molecular flexibility index (Phi) is 4.96. The molecule has 1 aliphatic carbocycles. The minimum atomic E-state index is -5.14. The van der Waals surface area contributed by atoms with Gasteiger partial charge < -0.3 is 9.74 Å². The number of rotatable bonds is 4. The van der Waals surface area contributed by atoms with Crippen LogP contribution < -0.4 is 0 Å². The maximum atomic E-state index is 15.2. The zero-order valence-corrected chi connectivity index (χ0v) is 17.4. The number of hydrogen-bond acceptors (Lipinski definition) is 3. The van der Waals surface area contributed by atoms with Crippen LogP contribution in [-0.2, 0) is 20.9 Å². The van der Waals surface area contributed by atoms with E-state index in [0.29, 0.717) is 0 Å². The van der Waals surface area contributed by atoms with Crippen LogP contribution in [0.25, 0.3) is 0 Å². The van der Waals surface area contributed by atoms with Crippen LogP contribution in [0.4, 0.5) is 30.7 Å². The van der Waals surface area contributed by atoms with Gasteiger partial charge in [0, 0.05) is 17.9 Å². The summed E-state index contributed by atoms with van der Waals surface area (Å²) in [6.45, 7) is -0.185. The fourth-order valence-corrected chi connectivity index (χ4v) is 4.29. The Balaban J connectivity index is 1.36. The van der Waals surface area contributed by atoms with Gasteiger partial charge in [-0.05, 0) is 36.1 Å². The molecule has 34 heavy (non-hydrogen) atoms. The van der Waals surface area contributed by atoms with Gasteiger partial charge in [-0.3, -0.25) is 4.79 Å². The van der Waals surface area contributed by atoms with E-state index in [1.807, 2.05) is 0 Å². The summed E-state index contributed by atoms with van der Waals surface area (Å²) in [6, 6.07) is 5.96. The Morgan fingerprint density at radius 2 is 1.59 bits per heavy atom. The first-order valence-corrected chi connectivity index (χ1v) is 10.5. The maximum Gasteiger partial charge on any atom is 0.435 e. The van der Waals surface area contributed by atoms with E-state index in [2.05, 4.69) is 5.16 Å². The number of hydrogen-bond donors (Lipinski definition) is 0. The van der Waals surface area contributed by atoms with Crippen LogP contribution in [0.1, 0.15) is 36.0 Å². The number of carbonyl (C=O) groups is 1. The van der Waals surface area contributed by atoms with E-state index in [9.17, 15) is 31.1 Å². The summed E-state index contributed by atoms with van der Waals surface area (Å²) in [7, 11) is 0. The lowest BCUT2D eigenvalue weighted by molar-refractivity contribution is -0.276. The molecule has 1 atom stereocenters. The third-order valence-corrected chi connectivity index (χ3v) is 6.49. The molecule has 0 radical (unpaired) electrons. The number of nitrogens with zero attached hydrogens (tertiary/aromatic N) is 2. The molecular formula is C23H17F7N2O2. The van der Waals surface area contributed by atoms with Crippen molar-refractivity contribution < 1.29 is 40.4 Å². The summed E-state index contributed by atoms with van der Waals surface area (Å²) in [6.07, 6.45) is -4.44. The van der Waals surface area contributed by atoms with E-state index in [0.717, 1.165) is 12.8 Å². The summed E-state index contributed by atoms with van der Waals surface area (Å²) in [5.41, 5.74) is -5.66. The molecule has 180 valence electrons. The molecule has 0 spiro atoms. The first kappa shape index (κ1) is 22.7. The third kappa shape index (κ3) is 3.52. The van der Waals surface area contributed by atoms with Crippen molar-refractivity contribution >= 4 is 11.6 Å². The molecule has 2 fully saturated rings. The first-order chi connectivity index (χ1) is 15.9. The number of benzene rings is 2. The average Bonchev–Trinajstić information content (AvgIpc) is 3.51. The van der Waals surface area contributed by atoms with Crippen LogP contribution in [0, 0.1) is 23.4 Å². The standard InChI is InChI=1S/C23H17F7N2O2/c24-16-7-15(8-17(25)19(16)26)22(23(28,29)30)9-18(31-34-22)12-3-5-14(6-4-12)21(27)10-32(11-21)20(33)13-1-2-13/h3-8,13H,1-2,9-11H2. The predicted molar refractivity (Wildman–Crippen MR) is 105 cm³/mol. The summed E-state index contributed by atoms with van der Waals surface area (Å²) in [4.78, 5) is 18.2. The van der Waals surface area contributed by atoms with E-state index >= 15 is 4.39 Å². The monoisotopic (exact) mass is 486 g/mol. The van der Waals surface area contributed by atoms with E-state index in [1.165, 1.54) is 29.2 Å². The van der Waals surface area contributed by atoms with Crippen LogP contribution in [0.5, 0.6) is 0 Å². The summed E-state index contributed by atoms with van der Waals surface area (Å²) >= 11 is 0. The smallest absolute Gasteiger partial charge is 0.374 e. The molecule has 1 amide bonds. The zero-order chi connectivity index (χ0) is 24.5. The highest BCUT2D eigenvalue weighted by Crippen LogP contribution is 2.49. The van der Waals surface area contributed by atoms with E-state index in [4.69, 9.17) is 4.84 Å². The summed E-state index contributed by atoms with van der Waals surface area (Å²) in [5, 5.41) is 3.48. The van der Waals surface area contributed by atoms with Crippen molar-refractivity contribution in [2.24, 2.45) is 11.1 Å². The second-order valence-corrected chi connectivity index (χ2v) is 8.90. The van der Waals surface area contributed by atoms with Gasteiger partial charge in [0.25, 0.3) is 5.60 Å². The Labute approximate surface area is 189 Å². The molecule has 0 N–H and O–H groups in total. The van der Waals surface area contributed by atoms with E-state index in [-0.39, 0.29) is 53.9 Å². The maximum absolute atomic E-state index is 15.2. The molecule has 0 aromatic heterocycles. The van der Waals surface area contributed by atoms with Crippen LogP contribution >= 0.6 is 0 Å². The van der Waals surface area contributed by atoms with Crippen molar-refractivity contribution in [1.82, 2.24) is 4.90 Å². The minimum Gasteiger partial charge on any atom is -0.374 e. The predicted octanol–water partition coefficient (Wildman–Crippen LogP) is 5.10. The fourth-order valence-electron chi connectivity index (χ4n) is 4.29. The summed E-state index contributed by atoms with van der Waals surface area (Å²) < 4.78 is 97.7.